The minimum Gasteiger partial charge on any atom is -0.454 e. The zero-order chi connectivity index (χ0) is 21.8. The Hall–Kier alpha value is -3.95. The highest BCUT2D eigenvalue weighted by Crippen LogP contribution is 2.20. The quantitative estimate of drug-likeness (QED) is 0.331. The number of benzene rings is 2. The molecule has 0 aliphatic rings. The fraction of sp³-hybridized carbons (Fsp3) is 0.250. The molecule has 1 heterocycles. The molecule has 10 nitrogen and oxygen atoms in total. The highest BCUT2D eigenvalue weighted by Gasteiger charge is 2.21. The second kappa shape index (κ2) is 8.60. The summed E-state index contributed by atoms with van der Waals surface area (Å²) >= 11 is 0. The molecule has 10 heteroatoms. The maximum atomic E-state index is 12.6. The number of nitro groups is 1. The Balaban J connectivity index is 1.70. The normalized spacial score (nSPS) is 10.9. The van der Waals surface area contributed by atoms with E-state index in [2.05, 4.69) is 0 Å². The van der Waals surface area contributed by atoms with E-state index in [9.17, 15) is 24.5 Å². The van der Waals surface area contributed by atoms with Gasteiger partial charge in [-0.3, -0.25) is 24.3 Å². The van der Waals surface area contributed by atoms with E-state index >= 15 is 0 Å². The van der Waals surface area contributed by atoms with Crippen molar-refractivity contribution in [2.24, 2.45) is 0 Å². The fourth-order valence-electron chi connectivity index (χ4n) is 3.02. The molecule has 1 aromatic heterocycles. The summed E-state index contributed by atoms with van der Waals surface area (Å²) in [7, 11) is 0. The lowest BCUT2D eigenvalue weighted by Crippen LogP contribution is -2.40. The maximum Gasteiger partial charge on any atom is 0.420 e. The summed E-state index contributed by atoms with van der Waals surface area (Å²) in [6, 6.07) is 12.4. The molecule has 0 N–H and O–H groups in total. The van der Waals surface area contributed by atoms with E-state index in [1.54, 1.807) is 24.3 Å². The number of ether oxygens (including phenoxy) is 1. The van der Waals surface area contributed by atoms with Gasteiger partial charge in [0, 0.05) is 17.8 Å². The van der Waals surface area contributed by atoms with E-state index in [1.807, 2.05) is 19.9 Å². The van der Waals surface area contributed by atoms with Gasteiger partial charge >= 0.3 is 11.7 Å². The van der Waals surface area contributed by atoms with Gasteiger partial charge in [0.05, 0.1) is 16.5 Å². The summed E-state index contributed by atoms with van der Waals surface area (Å²) < 4.78 is 11.0. The van der Waals surface area contributed by atoms with Crippen LogP contribution in [0, 0.1) is 10.1 Å². The number of carbonyl (C=O) groups excluding carboxylic acids is 2. The molecule has 0 spiro atoms. The average Bonchev–Trinajstić information content (AvgIpc) is 3.01. The van der Waals surface area contributed by atoms with E-state index in [0.717, 1.165) is 10.6 Å². The van der Waals surface area contributed by atoms with Crippen molar-refractivity contribution in [2.45, 2.75) is 26.4 Å². The van der Waals surface area contributed by atoms with Crippen LogP contribution in [-0.2, 0) is 20.9 Å². The third-order valence-electron chi connectivity index (χ3n) is 4.33. The second-order valence-corrected chi connectivity index (χ2v) is 6.72. The number of non-ortho nitro benzene ring substituents is 1. The predicted octanol–water partition coefficient (Wildman–Crippen LogP) is 2.49. The molecular weight excluding hydrogens is 394 g/mol. The van der Waals surface area contributed by atoms with Crippen LogP contribution in [0.15, 0.2) is 57.7 Å². The molecule has 2 aromatic carbocycles. The van der Waals surface area contributed by atoms with Crippen LogP contribution in [0.4, 0.5) is 11.4 Å². The number of aromatic nitrogens is 1. The van der Waals surface area contributed by atoms with Gasteiger partial charge in [-0.05, 0) is 32.0 Å². The van der Waals surface area contributed by atoms with Gasteiger partial charge in [-0.25, -0.2) is 4.79 Å². The number of hydrogen-bond acceptors (Lipinski definition) is 7. The van der Waals surface area contributed by atoms with E-state index in [4.69, 9.17) is 9.15 Å². The van der Waals surface area contributed by atoms with Gasteiger partial charge in [0.2, 0.25) is 0 Å². The molecule has 156 valence electrons. The zero-order valence-electron chi connectivity index (χ0n) is 16.3. The van der Waals surface area contributed by atoms with E-state index < -0.39 is 35.7 Å². The van der Waals surface area contributed by atoms with Gasteiger partial charge in [-0.15, -0.1) is 0 Å². The summed E-state index contributed by atoms with van der Waals surface area (Å²) in [5.74, 6) is -2.09. The van der Waals surface area contributed by atoms with Gasteiger partial charge in [-0.1, -0.05) is 18.2 Å². The molecule has 0 aliphatic carbocycles. The standard InChI is InChI=1S/C20H19N3O7/c1-13(2)22(14-6-4-3-5-7-14)18(24)12-29-19(25)11-21-16-9-8-15(23(27)28)10-17(16)30-20(21)26/h3-10,13H,11-12H2,1-2H3. The monoisotopic (exact) mass is 413 g/mol. The number of carbonyl (C=O) groups is 2. The van der Waals surface area contributed by atoms with Gasteiger partial charge in [0.1, 0.15) is 6.54 Å². The number of rotatable bonds is 7. The molecule has 0 saturated carbocycles. The molecule has 0 aliphatic heterocycles. The molecule has 0 bridgehead atoms. The fourth-order valence-corrected chi connectivity index (χ4v) is 3.02. The van der Waals surface area contributed by atoms with Gasteiger partial charge < -0.3 is 14.1 Å². The summed E-state index contributed by atoms with van der Waals surface area (Å²) in [5, 5.41) is 10.8. The van der Waals surface area contributed by atoms with Gasteiger partial charge in [-0.2, -0.15) is 0 Å². The number of esters is 1. The first kappa shape index (κ1) is 20.8. The van der Waals surface area contributed by atoms with Crippen molar-refractivity contribution in [2.75, 3.05) is 11.5 Å². The Morgan fingerprint density at radius 2 is 1.90 bits per heavy atom. The Bertz CT molecular complexity index is 1150. The van der Waals surface area contributed by atoms with Crippen molar-refractivity contribution in [3.05, 3.63) is 69.2 Å². The number of fused-ring (bicyclic) bond motifs is 1. The van der Waals surface area contributed by atoms with Crippen LogP contribution in [0.2, 0.25) is 0 Å². The lowest BCUT2D eigenvalue weighted by molar-refractivity contribution is -0.384. The maximum absolute atomic E-state index is 12.6. The van der Waals surface area contributed by atoms with Crippen molar-refractivity contribution in [3.63, 3.8) is 0 Å². The molecule has 0 saturated heterocycles. The first-order valence-electron chi connectivity index (χ1n) is 9.08. The van der Waals surface area contributed by atoms with Crippen LogP contribution in [0.3, 0.4) is 0 Å². The first-order valence-corrected chi connectivity index (χ1v) is 9.08. The van der Waals surface area contributed by atoms with Crippen molar-refractivity contribution in [1.82, 2.24) is 4.57 Å². The molecule has 30 heavy (non-hydrogen) atoms. The lowest BCUT2D eigenvalue weighted by atomic mass is 10.2. The third kappa shape index (κ3) is 4.37. The lowest BCUT2D eigenvalue weighted by Gasteiger charge is -2.26. The summed E-state index contributed by atoms with van der Waals surface area (Å²) in [4.78, 5) is 48.5. The second-order valence-electron chi connectivity index (χ2n) is 6.72. The third-order valence-corrected chi connectivity index (χ3v) is 4.33. The van der Waals surface area contributed by atoms with Crippen LogP contribution in [0.25, 0.3) is 11.1 Å². The molecule has 3 aromatic rings. The topological polar surface area (TPSA) is 125 Å². The molecule has 1 amide bonds. The van der Waals surface area contributed by atoms with Crippen molar-refractivity contribution >= 4 is 34.4 Å². The highest BCUT2D eigenvalue weighted by atomic mass is 16.6. The summed E-state index contributed by atoms with van der Waals surface area (Å²) in [6.07, 6.45) is 0. The van der Waals surface area contributed by atoms with Crippen LogP contribution in [-0.4, -0.2) is 34.0 Å². The van der Waals surface area contributed by atoms with Gasteiger partial charge in [0.15, 0.2) is 12.2 Å². The van der Waals surface area contributed by atoms with Crippen molar-refractivity contribution < 1.29 is 23.7 Å². The molecule has 3 rings (SSSR count). The number of oxazole rings is 1. The minimum atomic E-state index is -0.859. The Morgan fingerprint density at radius 1 is 1.20 bits per heavy atom. The number of amides is 1. The average molecular weight is 413 g/mol. The molecular formula is C20H19N3O7. The smallest absolute Gasteiger partial charge is 0.420 e. The van der Waals surface area contributed by atoms with E-state index in [0.29, 0.717) is 5.69 Å². The number of nitro benzene ring substituents is 1. The Morgan fingerprint density at radius 3 is 2.53 bits per heavy atom. The Kier molecular flexibility index (Phi) is 5.95. The molecule has 0 radical (unpaired) electrons. The zero-order valence-corrected chi connectivity index (χ0v) is 16.3. The van der Waals surface area contributed by atoms with Crippen LogP contribution < -0.4 is 10.7 Å². The van der Waals surface area contributed by atoms with E-state index in [-0.39, 0.29) is 22.8 Å². The minimum absolute atomic E-state index is 0.0202. The number of anilines is 1. The number of hydrogen-bond donors (Lipinski definition) is 0. The predicted molar refractivity (Wildman–Crippen MR) is 107 cm³/mol. The molecule has 0 atom stereocenters. The largest absolute Gasteiger partial charge is 0.454 e. The molecule has 0 unspecified atom stereocenters. The number of para-hydroxylation sites is 1. The molecule has 0 fully saturated rings. The van der Waals surface area contributed by atoms with E-state index in [1.165, 1.54) is 17.0 Å². The van der Waals surface area contributed by atoms with Crippen LogP contribution in [0.5, 0.6) is 0 Å². The Labute approximate surface area is 170 Å². The summed E-state index contributed by atoms with van der Waals surface area (Å²) in [5.41, 5.74) is 0.619. The van der Waals surface area contributed by atoms with Crippen LogP contribution in [0.1, 0.15) is 13.8 Å². The van der Waals surface area contributed by atoms with Crippen molar-refractivity contribution in [1.29, 1.82) is 0 Å². The number of nitrogens with zero attached hydrogens (tertiary/aromatic N) is 3. The van der Waals surface area contributed by atoms with Gasteiger partial charge in [0.25, 0.3) is 11.6 Å². The summed E-state index contributed by atoms with van der Waals surface area (Å²) in [6.45, 7) is 2.68. The first-order chi connectivity index (χ1) is 14.3. The highest BCUT2D eigenvalue weighted by molar-refractivity contribution is 5.95. The van der Waals surface area contributed by atoms with Crippen molar-refractivity contribution in [3.8, 4) is 0 Å². The SMILES string of the molecule is CC(C)N(C(=O)COC(=O)Cn1c(=O)oc2cc([N+](=O)[O-])ccc21)c1ccccc1. The van der Waals surface area contributed by atoms with Crippen LogP contribution >= 0.6 is 0 Å².